The molecular weight excluding hydrogens is 270 g/mol. The SMILES string of the molecule is CC(Cc1ccccc1)NS(=O)(=O)CCCCCl. The van der Waals surface area contributed by atoms with Crippen LogP contribution < -0.4 is 4.72 Å². The number of halogens is 1. The van der Waals surface area contributed by atoms with Crippen LogP contribution in [-0.2, 0) is 16.4 Å². The Kier molecular flexibility index (Phi) is 6.68. The van der Waals surface area contributed by atoms with E-state index in [1.54, 1.807) is 0 Å². The van der Waals surface area contributed by atoms with Gasteiger partial charge in [-0.2, -0.15) is 0 Å². The van der Waals surface area contributed by atoms with E-state index in [4.69, 9.17) is 11.6 Å². The molecule has 0 fully saturated rings. The van der Waals surface area contributed by atoms with Gasteiger partial charge in [0.25, 0.3) is 0 Å². The number of hydrogen-bond donors (Lipinski definition) is 1. The summed E-state index contributed by atoms with van der Waals surface area (Å²) >= 11 is 5.53. The Morgan fingerprint density at radius 2 is 1.89 bits per heavy atom. The fourth-order valence-corrected chi connectivity index (χ4v) is 3.35. The van der Waals surface area contributed by atoms with E-state index in [1.807, 2.05) is 37.3 Å². The van der Waals surface area contributed by atoms with Crippen molar-refractivity contribution in [3.05, 3.63) is 35.9 Å². The Hall–Kier alpha value is -0.580. The van der Waals surface area contributed by atoms with Crippen LogP contribution in [0.15, 0.2) is 30.3 Å². The Balaban J connectivity index is 2.41. The van der Waals surface area contributed by atoms with Gasteiger partial charge in [-0.1, -0.05) is 30.3 Å². The van der Waals surface area contributed by atoms with Crippen molar-refractivity contribution < 1.29 is 8.42 Å². The molecule has 0 bridgehead atoms. The number of unbranched alkanes of at least 4 members (excludes halogenated alkanes) is 1. The van der Waals surface area contributed by atoms with Gasteiger partial charge in [-0.15, -0.1) is 11.6 Å². The molecule has 1 aromatic rings. The van der Waals surface area contributed by atoms with Crippen molar-refractivity contribution in [1.29, 1.82) is 0 Å². The number of hydrogen-bond acceptors (Lipinski definition) is 2. The molecule has 1 rings (SSSR count). The zero-order chi connectivity index (χ0) is 13.4. The van der Waals surface area contributed by atoms with Crippen LogP contribution in [0.25, 0.3) is 0 Å². The molecule has 1 N–H and O–H groups in total. The Labute approximate surface area is 115 Å². The molecule has 3 nitrogen and oxygen atoms in total. The van der Waals surface area contributed by atoms with Gasteiger partial charge in [-0.3, -0.25) is 0 Å². The molecule has 1 aromatic carbocycles. The number of nitrogens with one attached hydrogen (secondary N) is 1. The first-order chi connectivity index (χ1) is 8.53. The molecule has 0 saturated carbocycles. The predicted octanol–water partition coefficient (Wildman–Crippen LogP) is 2.56. The molecule has 0 aliphatic carbocycles. The minimum absolute atomic E-state index is 0.0894. The lowest BCUT2D eigenvalue weighted by Crippen LogP contribution is -2.35. The summed E-state index contributed by atoms with van der Waals surface area (Å²) in [6.07, 6.45) is 2.04. The topological polar surface area (TPSA) is 46.2 Å². The highest BCUT2D eigenvalue weighted by atomic mass is 35.5. The average molecular weight is 290 g/mol. The molecule has 18 heavy (non-hydrogen) atoms. The summed E-state index contributed by atoms with van der Waals surface area (Å²) in [5.41, 5.74) is 1.13. The number of benzene rings is 1. The maximum absolute atomic E-state index is 11.8. The zero-order valence-electron chi connectivity index (χ0n) is 10.6. The summed E-state index contributed by atoms with van der Waals surface area (Å²) in [4.78, 5) is 0. The van der Waals surface area contributed by atoms with Crippen LogP contribution in [-0.4, -0.2) is 26.1 Å². The number of sulfonamides is 1. The lowest BCUT2D eigenvalue weighted by Gasteiger charge is -2.14. The third-order valence-electron chi connectivity index (χ3n) is 2.56. The maximum atomic E-state index is 11.8. The van der Waals surface area contributed by atoms with E-state index in [2.05, 4.69) is 4.72 Å². The van der Waals surface area contributed by atoms with Gasteiger partial charge in [0.15, 0.2) is 0 Å². The lowest BCUT2D eigenvalue weighted by molar-refractivity contribution is 0.557. The lowest BCUT2D eigenvalue weighted by atomic mass is 10.1. The largest absolute Gasteiger partial charge is 0.212 e. The Morgan fingerprint density at radius 1 is 1.22 bits per heavy atom. The van der Waals surface area contributed by atoms with Gasteiger partial charge in [0, 0.05) is 11.9 Å². The predicted molar refractivity (Wildman–Crippen MR) is 76.5 cm³/mol. The van der Waals surface area contributed by atoms with Gasteiger partial charge in [0.2, 0.25) is 10.0 Å². The van der Waals surface area contributed by atoms with E-state index in [1.165, 1.54) is 0 Å². The van der Waals surface area contributed by atoms with E-state index in [9.17, 15) is 8.42 Å². The molecule has 0 aliphatic rings. The Bertz CT molecular complexity index is 434. The smallest absolute Gasteiger partial charge is 0.211 e. The van der Waals surface area contributed by atoms with E-state index < -0.39 is 10.0 Å². The average Bonchev–Trinajstić information content (AvgIpc) is 2.29. The standard InChI is InChI=1S/C13H20ClNO2S/c1-12(11-13-7-3-2-4-8-13)15-18(16,17)10-6-5-9-14/h2-4,7-8,12,15H,5-6,9-11H2,1H3. The van der Waals surface area contributed by atoms with Crippen molar-refractivity contribution in [3.8, 4) is 0 Å². The molecular formula is C13H20ClNO2S. The summed E-state index contributed by atoms with van der Waals surface area (Å²) in [6, 6.07) is 9.77. The monoisotopic (exact) mass is 289 g/mol. The van der Waals surface area contributed by atoms with Crippen LogP contribution in [0.4, 0.5) is 0 Å². The molecule has 5 heteroatoms. The van der Waals surface area contributed by atoms with Gasteiger partial charge in [0.1, 0.15) is 0 Å². The van der Waals surface area contributed by atoms with Crippen molar-refractivity contribution in [3.63, 3.8) is 0 Å². The van der Waals surface area contributed by atoms with Crippen molar-refractivity contribution in [2.24, 2.45) is 0 Å². The quantitative estimate of drug-likeness (QED) is 0.590. The van der Waals surface area contributed by atoms with E-state index in [-0.39, 0.29) is 11.8 Å². The van der Waals surface area contributed by atoms with Crippen molar-refractivity contribution in [2.45, 2.75) is 32.2 Å². The molecule has 1 unspecified atom stereocenters. The highest BCUT2D eigenvalue weighted by molar-refractivity contribution is 7.89. The summed E-state index contributed by atoms with van der Waals surface area (Å²) < 4.78 is 26.2. The van der Waals surface area contributed by atoms with Gasteiger partial charge in [-0.05, 0) is 31.7 Å². The third kappa shape index (κ3) is 6.38. The molecule has 0 spiro atoms. The fraction of sp³-hybridized carbons (Fsp3) is 0.538. The van der Waals surface area contributed by atoms with Gasteiger partial charge < -0.3 is 0 Å². The van der Waals surface area contributed by atoms with Crippen LogP contribution in [0, 0.1) is 0 Å². The number of rotatable bonds is 8. The molecule has 0 radical (unpaired) electrons. The summed E-state index contributed by atoms with van der Waals surface area (Å²) in [6.45, 7) is 1.88. The minimum atomic E-state index is -3.18. The maximum Gasteiger partial charge on any atom is 0.211 e. The second-order valence-corrected chi connectivity index (χ2v) is 6.67. The van der Waals surface area contributed by atoms with Crippen LogP contribution in [0.2, 0.25) is 0 Å². The van der Waals surface area contributed by atoms with Gasteiger partial charge in [-0.25, -0.2) is 13.1 Å². The molecule has 0 saturated heterocycles. The van der Waals surface area contributed by atoms with Crippen molar-refractivity contribution in [1.82, 2.24) is 4.72 Å². The normalized spacial score (nSPS) is 13.4. The van der Waals surface area contributed by atoms with Crippen molar-refractivity contribution >= 4 is 21.6 Å². The van der Waals surface area contributed by atoms with Crippen LogP contribution in [0.1, 0.15) is 25.3 Å². The highest BCUT2D eigenvalue weighted by Crippen LogP contribution is 2.04. The van der Waals surface area contributed by atoms with Crippen LogP contribution in [0.5, 0.6) is 0 Å². The number of alkyl halides is 1. The first kappa shape index (κ1) is 15.5. The van der Waals surface area contributed by atoms with Crippen LogP contribution >= 0.6 is 11.6 Å². The molecule has 1 atom stereocenters. The highest BCUT2D eigenvalue weighted by Gasteiger charge is 2.14. The fourth-order valence-electron chi connectivity index (χ4n) is 1.76. The third-order valence-corrected chi connectivity index (χ3v) is 4.42. The van der Waals surface area contributed by atoms with E-state index >= 15 is 0 Å². The zero-order valence-corrected chi connectivity index (χ0v) is 12.2. The minimum Gasteiger partial charge on any atom is -0.212 e. The van der Waals surface area contributed by atoms with Gasteiger partial charge in [0.05, 0.1) is 5.75 Å². The summed E-state index contributed by atoms with van der Waals surface area (Å²) in [7, 11) is -3.18. The molecule has 0 aromatic heterocycles. The molecule has 0 heterocycles. The van der Waals surface area contributed by atoms with Crippen LogP contribution in [0.3, 0.4) is 0 Å². The molecule has 0 amide bonds. The second kappa shape index (κ2) is 7.77. The first-order valence-electron chi connectivity index (χ1n) is 6.13. The Morgan fingerprint density at radius 3 is 2.50 bits per heavy atom. The molecule has 102 valence electrons. The summed E-state index contributed by atoms with van der Waals surface area (Å²) in [5, 5.41) is 0. The van der Waals surface area contributed by atoms with Gasteiger partial charge >= 0.3 is 0 Å². The first-order valence-corrected chi connectivity index (χ1v) is 8.32. The van der Waals surface area contributed by atoms with Crippen molar-refractivity contribution in [2.75, 3.05) is 11.6 Å². The second-order valence-electron chi connectivity index (χ2n) is 4.42. The molecule has 0 aliphatic heterocycles. The van der Waals surface area contributed by atoms with E-state index in [0.717, 1.165) is 12.0 Å². The van der Waals surface area contributed by atoms with E-state index in [0.29, 0.717) is 18.7 Å². The summed E-state index contributed by atoms with van der Waals surface area (Å²) in [5.74, 6) is 0.661.